The molecule has 0 radical (unpaired) electrons. The Balaban J connectivity index is 0.00000220. The first kappa shape index (κ1) is 17.5. The van der Waals surface area contributed by atoms with Gasteiger partial charge < -0.3 is 16.0 Å². The van der Waals surface area contributed by atoms with E-state index in [2.05, 4.69) is 16.0 Å². The van der Waals surface area contributed by atoms with Crippen LogP contribution >= 0.6 is 12.4 Å². The molecule has 116 valence electrons. The number of amides is 2. The van der Waals surface area contributed by atoms with Gasteiger partial charge in [0, 0.05) is 30.3 Å². The lowest BCUT2D eigenvalue weighted by molar-refractivity contribution is 0.0940. The zero-order valence-electron chi connectivity index (χ0n) is 12.1. The maximum atomic E-state index is 12.1. The molecule has 2 amide bonds. The van der Waals surface area contributed by atoms with Crippen LogP contribution in [0.3, 0.4) is 0 Å². The second kappa shape index (κ2) is 8.64. The minimum Gasteiger partial charge on any atom is -0.352 e. The van der Waals surface area contributed by atoms with Crippen molar-refractivity contribution < 1.29 is 9.59 Å². The van der Waals surface area contributed by atoms with Crippen LogP contribution in [0.4, 0.5) is 0 Å². The summed E-state index contributed by atoms with van der Waals surface area (Å²) in [4.78, 5) is 24.0. The minimum absolute atomic E-state index is 0. The first-order valence-electron chi connectivity index (χ1n) is 7.10. The molecular weight excluding hydrogens is 290 g/mol. The molecule has 1 aliphatic heterocycles. The molecule has 21 heavy (non-hydrogen) atoms. The van der Waals surface area contributed by atoms with E-state index in [1.807, 2.05) is 6.92 Å². The summed E-state index contributed by atoms with van der Waals surface area (Å²) in [5, 5.41) is 8.98. The van der Waals surface area contributed by atoms with Gasteiger partial charge in [0.2, 0.25) is 0 Å². The van der Waals surface area contributed by atoms with Crippen LogP contribution in [0.25, 0.3) is 0 Å². The summed E-state index contributed by atoms with van der Waals surface area (Å²) in [5.41, 5.74) is 1.05. The maximum absolute atomic E-state index is 12.1. The van der Waals surface area contributed by atoms with Crippen molar-refractivity contribution >= 4 is 24.2 Å². The van der Waals surface area contributed by atoms with Gasteiger partial charge in [-0.2, -0.15) is 0 Å². The summed E-state index contributed by atoms with van der Waals surface area (Å²) in [6.07, 6.45) is 1.84. The SMILES string of the molecule is CCCNC(=O)c1cccc(C(=O)NC2CCNC2)c1.Cl. The molecule has 0 spiro atoms. The average molecular weight is 312 g/mol. The highest BCUT2D eigenvalue weighted by Crippen LogP contribution is 2.07. The molecule has 1 fully saturated rings. The Morgan fingerprint density at radius 3 is 2.62 bits per heavy atom. The van der Waals surface area contributed by atoms with E-state index in [1.54, 1.807) is 24.3 Å². The van der Waals surface area contributed by atoms with Crippen LogP contribution in [0.2, 0.25) is 0 Å². The number of nitrogens with one attached hydrogen (secondary N) is 3. The molecule has 6 heteroatoms. The van der Waals surface area contributed by atoms with Crippen molar-refractivity contribution in [3.05, 3.63) is 35.4 Å². The largest absolute Gasteiger partial charge is 0.352 e. The maximum Gasteiger partial charge on any atom is 0.251 e. The molecular formula is C15H22ClN3O2. The highest BCUT2D eigenvalue weighted by Gasteiger charge is 2.18. The van der Waals surface area contributed by atoms with Gasteiger partial charge >= 0.3 is 0 Å². The molecule has 1 unspecified atom stereocenters. The lowest BCUT2D eigenvalue weighted by Crippen LogP contribution is -2.36. The van der Waals surface area contributed by atoms with Gasteiger partial charge in [-0.15, -0.1) is 12.4 Å². The molecule has 1 saturated heterocycles. The average Bonchev–Trinajstić information content (AvgIpc) is 2.97. The van der Waals surface area contributed by atoms with Crippen molar-refractivity contribution in [2.24, 2.45) is 0 Å². The summed E-state index contributed by atoms with van der Waals surface area (Å²) in [6.45, 7) is 4.38. The van der Waals surface area contributed by atoms with E-state index in [9.17, 15) is 9.59 Å². The van der Waals surface area contributed by atoms with Crippen LogP contribution in [0.15, 0.2) is 24.3 Å². The summed E-state index contributed by atoms with van der Waals surface area (Å²) in [7, 11) is 0. The van der Waals surface area contributed by atoms with Crippen LogP contribution in [0, 0.1) is 0 Å². The van der Waals surface area contributed by atoms with Gasteiger partial charge in [-0.25, -0.2) is 0 Å². The molecule has 1 aliphatic rings. The Morgan fingerprint density at radius 2 is 2.00 bits per heavy atom. The van der Waals surface area contributed by atoms with Crippen molar-refractivity contribution in [2.45, 2.75) is 25.8 Å². The number of hydrogen-bond donors (Lipinski definition) is 3. The van der Waals surface area contributed by atoms with Crippen molar-refractivity contribution in [1.82, 2.24) is 16.0 Å². The van der Waals surface area contributed by atoms with E-state index in [1.165, 1.54) is 0 Å². The van der Waals surface area contributed by atoms with Gasteiger partial charge in [0.15, 0.2) is 0 Å². The Kier molecular flexibility index (Phi) is 7.19. The Labute approximate surface area is 131 Å². The Hall–Kier alpha value is -1.59. The fourth-order valence-corrected chi connectivity index (χ4v) is 2.19. The van der Waals surface area contributed by atoms with Crippen molar-refractivity contribution in [1.29, 1.82) is 0 Å². The topological polar surface area (TPSA) is 70.2 Å². The molecule has 3 N–H and O–H groups in total. The highest BCUT2D eigenvalue weighted by atomic mass is 35.5. The molecule has 0 saturated carbocycles. The van der Waals surface area contributed by atoms with E-state index < -0.39 is 0 Å². The van der Waals surface area contributed by atoms with Crippen molar-refractivity contribution in [2.75, 3.05) is 19.6 Å². The smallest absolute Gasteiger partial charge is 0.251 e. The van der Waals surface area contributed by atoms with Gasteiger partial charge in [-0.3, -0.25) is 9.59 Å². The van der Waals surface area contributed by atoms with E-state index in [4.69, 9.17) is 0 Å². The highest BCUT2D eigenvalue weighted by molar-refractivity contribution is 5.99. The van der Waals surface area contributed by atoms with Gasteiger partial charge in [-0.1, -0.05) is 13.0 Å². The predicted octanol–water partition coefficient (Wildman–Crippen LogP) is 1.34. The third-order valence-electron chi connectivity index (χ3n) is 3.32. The molecule has 1 aromatic carbocycles. The van der Waals surface area contributed by atoms with Gasteiger partial charge in [0.05, 0.1) is 0 Å². The lowest BCUT2D eigenvalue weighted by atomic mass is 10.1. The van der Waals surface area contributed by atoms with Crippen LogP contribution < -0.4 is 16.0 Å². The minimum atomic E-state index is -0.135. The second-order valence-electron chi connectivity index (χ2n) is 5.00. The number of benzene rings is 1. The van der Waals surface area contributed by atoms with E-state index >= 15 is 0 Å². The normalized spacial score (nSPS) is 16.9. The fraction of sp³-hybridized carbons (Fsp3) is 0.467. The lowest BCUT2D eigenvalue weighted by Gasteiger charge is -2.12. The third kappa shape index (κ3) is 5.02. The molecule has 0 aliphatic carbocycles. The van der Waals surface area contributed by atoms with E-state index in [-0.39, 0.29) is 30.3 Å². The van der Waals surface area contributed by atoms with Gasteiger partial charge in [0.1, 0.15) is 0 Å². The molecule has 1 atom stereocenters. The molecule has 5 nitrogen and oxygen atoms in total. The number of carbonyl (C=O) groups excluding carboxylic acids is 2. The zero-order valence-corrected chi connectivity index (χ0v) is 13.0. The number of carbonyl (C=O) groups is 2. The summed E-state index contributed by atoms with van der Waals surface area (Å²) in [5.74, 6) is -0.257. The number of hydrogen-bond acceptors (Lipinski definition) is 3. The molecule has 1 heterocycles. The number of halogens is 1. The molecule has 1 aromatic rings. The molecule has 2 rings (SSSR count). The quantitative estimate of drug-likeness (QED) is 0.768. The van der Waals surface area contributed by atoms with Crippen LogP contribution in [0.5, 0.6) is 0 Å². The van der Waals surface area contributed by atoms with Crippen molar-refractivity contribution in [3.63, 3.8) is 0 Å². The predicted molar refractivity (Wildman–Crippen MR) is 85.1 cm³/mol. The second-order valence-corrected chi connectivity index (χ2v) is 5.00. The Bertz CT molecular complexity index is 488. The zero-order chi connectivity index (χ0) is 14.4. The number of rotatable bonds is 5. The van der Waals surface area contributed by atoms with Crippen LogP contribution in [0.1, 0.15) is 40.5 Å². The summed E-state index contributed by atoms with van der Waals surface area (Å²) >= 11 is 0. The Morgan fingerprint density at radius 1 is 1.29 bits per heavy atom. The fourth-order valence-electron chi connectivity index (χ4n) is 2.19. The van der Waals surface area contributed by atoms with E-state index in [0.717, 1.165) is 25.9 Å². The first-order chi connectivity index (χ1) is 9.70. The van der Waals surface area contributed by atoms with Crippen molar-refractivity contribution in [3.8, 4) is 0 Å². The van der Waals surface area contributed by atoms with Crippen LogP contribution in [-0.2, 0) is 0 Å². The van der Waals surface area contributed by atoms with Crippen LogP contribution in [-0.4, -0.2) is 37.5 Å². The summed E-state index contributed by atoms with van der Waals surface area (Å²) < 4.78 is 0. The monoisotopic (exact) mass is 311 g/mol. The van der Waals surface area contributed by atoms with Gasteiger partial charge in [0.25, 0.3) is 11.8 Å². The summed E-state index contributed by atoms with van der Waals surface area (Å²) in [6, 6.07) is 7.01. The first-order valence-corrected chi connectivity index (χ1v) is 7.10. The standard InChI is InChI=1S/C15H21N3O2.ClH/c1-2-7-17-14(19)11-4-3-5-12(9-11)15(20)18-13-6-8-16-10-13;/h3-5,9,13,16H,2,6-8,10H2,1H3,(H,17,19)(H,18,20);1H. The van der Waals surface area contributed by atoms with E-state index in [0.29, 0.717) is 17.7 Å². The van der Waals surface area contributed by atoms with Gasteiger partial charge in [-0.05, 0) is 37.6 Å². The molecule has 0 bridgehead atoms. The third-order valence-corrected chi connectivity index (χ3v) is 3.32. The molecule has 0 aromatic heterocycles.